The molecule has 2 rings (SSSR count). The number of carbonyl (C=O) groups excluding carboxylic acids is 1. The summed E-state index contributed by atoms with van der Waals surface area (Å²) in [4.78, 5) is 14.0. The number of halogens is 1. The summed E-state index contributed by atoms with van der Waals surface area (Å²) < 4.78 is 16.8. The number of nitrogens with zero attached hydrogens (tertiary/aromatic N) is 1. The van der Waals surface area contributed by atoms with Crippen LogP contribution in [-0.4, -0.2) is 57.9 Å². The van der Waals surface area contributed by atoms with E-state index in [2.05, 4.69) is 15.9 Å². The molecule has 0 heterocycles. The smallest absolute Gasteiger partial charge is 0.260 e. The Balaban J connectivity index is 1.97. The number of amides is 1. The normalized spacial score (nSPS) is 10.8. The molecule has 0 aliphatic rings. The summed E-state index contributed by atoms with van der Waals surface area (Å²) in [5.41, 5.74) is 0. The van der Waals surface area contributed by atoms with Gasteiger partial charge >= 0.3 is 0 Å². The van der Waals surface area contributed by atoms with Crippen LogP contribution in [-0.2, 0) is 14.3 Å². The number of benzene rings is 2. The third-order valence-electron chi connectivity index (χ3n) is 3.62. The van der Waals surface area contributed by atoms with Crippen molar-refractivity contribution in [3.63, 3.8) is 0 Å². The fourth-order valence-electron chi connectivity index (χ4n) is 2.28. The van der Waals surface area contributed by atoms with Crippen molar-refractivity contribution in [3.8, 4) is 5.75 Å². The van der Waals surface area contributed by atoms with E-state index in [1.54, 1.807) is 19.1 Å². The fourth-order valence-corrected chi connectivity index (χ4v) is 2.66. The van der Waals surface area contributed by atoms with Crippen molar-refractivity contribution in [1.29, 1.82) is 0 Å². The summed E-state index contributed by atoms with van der Waals surface area (Å²) in [5.74, 6) is 0.594. The highest BCUT2D eigenvalue weighted by Gasteiger charge is 2.14. The first-order chi connectivity index (χ1) is 11.6. The lowest BCUT2D eigenvalue weighted by atomic mass is 10.1. The first-order valence-electron chi connectivity index (χ1n) is 7.72. The third-order valence-corrected chi connectivity index (χ3v) is 4.11. The first-order valence-corrected chi connectivity index (χ1v) is 8.51. The summed E-state index contributed by atoms with van der Waals surface area (Å²) in [6.07, 6.45) is 0. The van der Waals surface area contributed by atoms with Crippen molar-refractivity contribution >= 4 is 32.6 Å². The van der Waals surface area contributed by atoms with Crippen LogP contribution in [0.5, 0.6) is 5.75 Å². The third kappa shape index (κ3) is 5.47. The van der Waals surface area contributed by atoms with E-state index in [1.807, 2.05) is 36.4 Å². The van der Waals surface area contributed by atoms with E-state index in [1.165, 1.54) is 0 Å². The Morgan fingerprint density at radius 1 is 1.00 bits per heavy atom. The fraction of sp³-hybridized carbons (Fsp3) is 0.389. The van der Waals surface area contributed by atoms with Gasteiger partial charge in [0.25, 0.3) is 5.91 Å². The van der Waals surface area contributed by atoms with Crippen LogP contribution < -0.4 is 4.74 Å². The van der Waals surface area contributed by atoms with Crippen LogP contribution >= 0.6 is 15.9 Å². The van der Waals surface area contributed by atoms with Crippen molar-refractivity contribution in [2.45, 2.75) is 0 Å². The summed E-state index contributed by atoms with van der Waals surface area (Å²) in [7, 11) is 3.23. The lowest BCUT2D eigenvalue weighted by Crippen LogP contribution is -2.39. The second-order valence-electron chi connectivity index (χ2n) is 5.31. The van der Waals surface area contributed by atoms with Gasteiger partial charge in [-0.05, 0) is 35.0 Å². The van der Waals surface area contributed by atoms with Gasteiger partial charge in [0.15, 0.2) is 6.61 Å². The molecule has 0 aliphatic heterocycles. The van der Waals surface area contributed by atoms with Crippen LogP contribution in [0.4, 0.5) is 0 Å². The number of hydrogen-bond donors (Lipinski definition) is 0. The Morgan fingerprint density at radius 2 is 1.62 bits per heavy atom. The minimum absolute atomic E-state index is 0.00450. The Kier molecular flexibility index (Phi) is 7.49. The molecule has 0 spiro atoms. The molecule has 0 aromatic heterocycles. The highest BCUT2D eigenvalue weighted by atomic mass is 79.9. The Bertz CT molecular complexity index is 669. The van der Waals surface area contributed by atoms with E-state index in [0.717, 1.165) is 15.2 Å². The maximum Gasteiger partial charge on any atom is 0.260 e. The second-order valence-corrected chi connectivity index (χ2v) is 6.22. The van der Waals surface area contributed by atoms with E-state index in [-0.39, 0.29) is 12.5 Å². The predicted octanol–water partition coefficient (Wildman–Crippen LogP) is 3.10. The van der Waals surface area contributed by atoms with Gasteiger partial charge in [-0.2, -0.15) is 0 Å². The molecule has 24 heavy (non-hydrogen) atoms. The molecule has 0 aliphatic carbocycles. The number of rotatable bonds is 9. The molecule has 5 nitrogen and oxygen atoms in total. The van der Waals surface area contributed by atoms with E-state index in [0.29, 0.717) is 32.1 Å². The monoisotopic (exact) mass is 395 g/mol. The van der Waals surface area contributed by atoms with Gasteiger partial charge in [-0.1, -0.05) is 28.1 Å². The molecule has 0 bridgehead atoms. The Labute approximate surface area is 150 Å². The van der Waals surface area contributed by atoms with Gasteiger partial charge in [0.05, 0.1) is 13.2 Å². The van der Waals surface area contributed by atoms with Gasteiger partial charge < -0.3 is 19.1 Å². The lowest BCUT2D eigenvalue weighted by Gasteiger charge is -2.22. The van der Waals surface area contributed by atoms with Gasteiger partial charge in [-0.3, -0.25) is 4.79 Å². The number of ether oxygens (including phenoxy) is 3. The molecule has 0 fully saturated rings. The average molecular weight is 396 g/mol. The average Bonchev–Trinajstić information content (AvgIpc) is 2.59. The van der Waals surface area contributed by atoms with Gasteiger partial charge in [0, 0.05) is 31.8 Å². The molecule has 6 heteroatoms. The van der Waals surface area contributed by atoms with Crippen LogP contribution in [0.25, 0.3) is 10.8 Å². The zero-order valence-electron chi connectivity index (χ0n) is 14.0. The van der Waals surface area contributed by atoms with Gasteiger partial charge in [0.2, 0.25) is 0 Å². The summed E-state index contributed by atoms with van der Waals surface area (Å²) >= 11 is 3.46. The molecule has 0 atom stereocenters. The number of methoxy groups -OCH3 is 2. The predicted molar refractivity (Wildman–Crippen MR) is 97.5 cm³/mol. The maximum atomic E-state index is 12.3. The van der Waals surface area contributed by atoms with Gasteiger partial charge in [-0.15, -0.1) is 0 Å². The zero-order chi connectivity index (χ0) is 17.4. The number of carbonyl (C=O) groups is 1. The highest BCUT2D eigenvalue weighted by Crippen LogP contribution is 2.24. The minimum Gasteiger partial charge on any atom is -0.484 e. The highest BCUT2D eigenvalue weighted by molar-refractivity contribution is 9.10. The van der Waals surface area contributed by atoms with Crippen molar-refractivity contribution in [2.75, 3.05) is 47.1 Å². The number of fused-ring (bicyclic) bond motifs is 1. The van der Waals surface area contributed by atoms with Crippen molar-refractivity contribution in [2.24, 2.45) is 0 Å². The summed E-state index contributed by atoms with van der Waals surface area (Å²) in [6.45, 7) is 2.01. The molecule has 0 unspecified atom stereocenters. The van der Waals surface area contributed by atoms with Crippen LogP contribution in [0.1, 0.15) is 0 Å². The van der Waals surface area contributed by atoms with E-state index >= 15 is 0 Å². The molecule has 0 N–H and O–H groups in total. The summed E-state index contributed by atoms with van der Waals surface area (Å²) in [5, 5.41) is 2.18. The Hall–Kier alpha value is -1.63. The van der Waals surface area contributed by atoms with Gasteiger partial charge in [0.1, 0.15) is 5.75 Å². The van der Waals surface area contributed by atoms with Crippen LogP contribution in [0.15, 0.2) is 40.9 Å². The summed E-state index contributed by atoms with van der Waals surface area (Å²) in [6, 6.07) is 11.8. The molecular formula is C18H22BrNO4. The van der Waals surface area contributed by atoms with E-state index in [4.69, 9.17) is 14.2 Å². The Morgan fingerprint density at radius 3 is 2.29 bits per heavy atom. The first kappa shape index (κ1) is 18.7. The zero-order valence-corrected chi connectivity index (χ0v) is 15.5. The molecule has 1 amide bonds. The maximum absolute atomic E-state index is 12.3. The molecule has 0 saturated carbocycles. The SMILES string of the molecule is COCCN(CCOC)C(=O)COc1ccc2cc(Br)ccc2c1. The second kappa shape index (κ2) is 9.61. The van der Waals surface area contributed by atoms with E-state index in [9.17, 15) is 4.79 Å². The van der Waals surface area contributed by atoms with Crippen LogP contribution in [0, 0.1) is 0 Å². The standard InChI is InChI=1S/C18H22BrNO4/c1-22-9-7-20(8-10-23-2)18(21)13-24-17-6-4-14-11-16(19)5-3-15(14)12-17/h3-6,11-12H,7-10,13H2,1-2H3. The molecule has 2 aromatic carbocycles. The minimum atomic E-state index is -0.0833. The van der Waals surface area contributed by atoms with Crippen LogP contribution in [0.2, 0.25) is 0 Å². The lowest BCUT2D eigenvalue weighted by molar-refractivity contribution is -0.134. The molecule has 2 aromatic rings. The number of hydrogen-bond acceptors (Lipinski definition) is 4. The quantitative estimate of drug-likeness (QED) is 0.654. The molecule has 0 radical (unpaired) electrons. The molecule has 0 saturated heterocycles. The van der Waals surface area contributed by atoms with Crippen molar-refractivity contribution < 1.29 is 19.0 Å². The topological polar surface area (TPSA) is 48.0 Å². The molecular weight excluding hydrogens is 374 g/mol. The van der Waals surface area contributed by atoms with E-state index < -0.39 is 0 Å². The largest absolute Gasteiger partial charge is 0.484 e. The van der Waals surface area contributed by atoms with Crippen LogP contribution in [0.3, 0.4) is 0 Å². The van der Waals surface area contributed by atoms with Crippen molar-refractivity contribution in [3.05, 3.63) is 40.9 Å². The molecule has 130 valence electrons. The van der Waals surface area contributed by atoms with Crippen molar-refractivity contribution in [1.82, 2.24) is 4.90 Å². The van der Waals surface area contributed by atoms with Gasteiger partial charge in [-0.25, -0.2) is 0 Å².